The topological polar surface area (TPSA) is 32.3 Å². The quantitative estimate of drug-likeness (QED) is 0.872. The summed E-state index contributed by atoms with van der Waals surface area (Å²) < 4.78 is 0.974. The van der Waals surface area contributed by atoms with Crippen molar-refractivity contribution < 1.29 is 5.11 Å². The second kappa shape index (κ2) is 6.60. The van der Waals surface area contributed by atoms with Gasteiger partial charge in [0.2, 0.25) is 0 Å². The van der Waals surface area contributed by atoms with Crippen LogP contribution in [0.25, 0.3) is 0 Å². The summed E-state index contributed by atoms with van der Waals surface area (Å²) in [7, 11) is 0. The second-order valence-corrected chi connectivity index (χ2v) is 5.18. The number of rotatable bonds is 5. The summed E-state index contributed by atoms with van der Waals surface area (Å²) in [5.74, 6) is 0. The Labute approximate surface area is 110 Å². The molecule has 1 rings (SSSR count). The zero-order valence-corrected chi connectivity index (χ0v) is 11.8. The summed E-state index contributed by atoms with van der Waals surface area (Å²) in [6.07, 6.45) is 0.463. The summed E-state index contributed by atoms with van der Waals surface area (Å²) in [5.41, 5.74) is 1.05. The first-order valence-corrected chi connectivity index (χ1v) is 6.58. The van der Waals surface area contributed by atoms with Crippen LogP contribution in [0.15, 0.2) is 22.7 Å². The molecule has 2 atom stereocenters. The van der Waals surface area contributed by atoms with Crippen molar-refractivity contribution in [2.24, 2.45) is 0 Å². The van der Waals surface area contributed by atoms with E-state index >= 15 is 0 Å². The van der Waals surface area contributed by atoms with Gasteiger partial charge in [0, 0.05) is 22.1 Å². The van der Waals surface area contributed by atoms with Crippen LogP contribution in [0.3, 0.4) is 0 Å². The first-order valence-electron chi connectivity index (χ1n) is 5.41. The Morgan fingerprint density at radius 3 is 2.75 bits per heavy atom. The van der Waals surface area contributed by atoms with Crippen molar-refractivity contribution in [3.05, 3.63) is 33.3 Å². The van der Waals surface area contributed by atoms with Crippen LogP contribution < -0.4 is 5.32 Å². The van der Waals surface area contributed by atoms with E-state index < -0.39 is 0 Å². The van der Waals surface area contributed by atoms with Gasteiger partial charge in [-0.25, -0.2) is 0 Å². The normalized spacial score (nSPS) is 14.8. The standard InChI is InChI=1S/C12H17BrClNO/c1-3-10(16)7-15-8(2)11-5-4-9(13)6-12(11)14/h4-6,8,10,15-16H,3,7H2,1-2H3. The summed E-state index contributed by atoms with van der Waals surface area (Å²) in [6.45, 7) is 4.59. The summed E-state index contributed by atoms with van der Waals surface area (Å²) >= 11 is 9.52. The minimum Gasteiger partial charge on any atom is -0.392 e. The molecule has 2 unspecified atom stereocenters. The van der Waals surface area contributed by atoms with Gasteiger partial charge in [-0.2, -0.15) is 0 Å². The van der Waals surface area contributed by atoms with Gasteiger partial charge < -0.3 is 10.4 Å². The maximum absolute atomic E-state index is 9.46. The first kappa shape index (κ1) is 14.0. The highest BCUT2D eigenvalue weighted by atomic mass is 79.9. The number of aliphatic hydroxyl groups is 1. The predicted molar refractivity (Wildman–Crippen MR) is 71.9 cm³/mol. The molecule has 0 aliphatic carbocycles. The Balaban J connectivity index is 2.62. The zero-order chi connectivity index (χ0) is 12.1. The Morgan fingerprint density at radius 1 is 1.50 bits per heavy atom. The van der Waals surface area contributed by atoms with Gasteiger partial charge in [0.25, 0.3) is 0 Å². The minimum atomic E-state index is -0.295. The Hall–Kier alpha value is -0.0900. The van der Waals surface area contributed by atoms with Gasteiger partial charge in [-0.15, -0.1) is 0 Å². The van der Waals surface area contributed by atoms with Crippen LogP contribution in [-0.2, 0) is 0 Å². The van der Waals surface area contributed by atoms with E-state index in [0.717, 1.165) is 21.5 Å². The number of hydrogen-bond donors (Lipinski definition) is 2. The highest BCUT2D eigenvalue weighted by Crippen LogP contribution is 2.26. The number of hydrogen-bond acceptors (Lipinski definition) is 2. The van der Waals surface area contributed by atoms with Crippen LogP contribution >= 0.6 is 27.5 Å². The molecule has 0 aliphatic rings. The number of aliphatic hydroxyl groups excluding tert-OH is 1. The van der Waals surface area contributed by atoms with E-state index in [9.17, 15) is 5.11 Å². The van der Waals surface area contributed by atoms with Crippen LogP contribution in [0.2, 0.25) is 5.02 Å². The average Bonchev–Trinajstić information content (AvgIpc) is 2.25. The van der Waals surface area contributed by atoms with Crippen molar-refractivity contribution in [1.29, 1.82) is 0 Å². The zero-order valence-electron chi connectivity index (χ0n) is 9.50. The molecule has 4 heteroatoms. The Kier molecular flexibility index (Phi) is 5.76. The lowest BCUT2D eigenvalue weighted by Gasteiger charge is -2.17. The molecular formula is C12H17BrClNO. The second-order valence-electron chi connectivity index (χ2n) is 3.86. The maximum Gasteiger partial charge on any atom is 0.0662 e. The molecule has 0 spiro atoms. The van der Waals surface area contributed by atoms with Crippen LogP contribution in [-0.4, -0.2) is 17.8 Å². The van der Waals surface area contributed by atoms with Gasteiger partial charge in [-0.05, 0) is 31.0 Å². The molecule has 0 amide bonds. The lowest BCUT2D eigenvalue weighted by Crippen LogP contribution is -2.28. The largest absolute Gasteiger partial charge is 0.392 e. The fourth-order valence-electron chi connectivity index (χ4n) is 1.42. The van der Waals surface area contributed by atoms with Crippen LogP contribution in [0.4, 0.5) is 0 Å². The molecule has 0 aromatic heterocycles. The predicted octanol–water partition coefficient (Wildman–Crippen LogP) is 3.52. The Morgan fingerprint density at radius 2 is 2.19 bits per heavy atom. The minimum absolute atomic E-state index is 0.141. The van der Waals surface area contributed by atoms with Crippen LogP contribution in [0.5, 0.6) is 0 Å². The number of nitrogens with one attached hydrogen (secondary N) is 1. The summed E-state index contributed by atoms with van der Waals surface area (Å²) in [4.78, 5) is 0. The summed E-state index contributed by atoms with van der Waals surface area (Å²) in [5, 5.41) is 13.5. The monoisotopic (exact) mass is 305 g/mol. The van der Waals surface area contributed by atoms with E-state index in [0.29, 0.717) is 6.54 Å². The third kappa shape index (κ3) is 4.06. The summed E-state index contributed by atoms with van der Waals surface area (Å²) in [6, 6.07) is 5.98. The highest BCUT2D eigenvalue weighted by Gasteiger charge is 2.10. The fraction of sp³-hybridized carbons (Fsp3) is 0.500. The average molecular weight is 307 g/mol. The van der Waals surface area contributed by atoms with Crippen molar-refractivity contribution in [3.8, 4) is 0 Å². The van der Waals surface area contributed by atoms with Crippen molar-refractivity contribution in [2.75, 3.05) is 6.54 Å². The van der Waals surface area contributed by atoms with Gasteiger partial charge in [0.15, 0.2) is 0 Å². The van der Waals surface area contributed by atoms with E-state index in [1.54, 1.807) is 0 Å². The fourth-order valence-corrected chi connectivity index (χ4v) is 2.26. The SMILES string of the molecule is CCC(O)CNC(C)c1ccc(Br)cc1Cl. The molecular weight excluding hydrogens is 289 g/mol. The molecule has 0 heterocycles. The van der Waals surface area contributed by atoms with E-state index in [1.807, 2.05) is 32.0 Å². The van der Waals surface area contributed by atoms with Crippen molar-refractivity contribution in [2.45, 2.75) is 32.4 Å². The van der Waals surface area contributed by atoms with Gasteiger partial charge in [-0.1, -0.05) is 40.5 Å². The molecule has 2 N–H and O–H groups in total. The van der Waals surface area contributed by atoms with Gasteiger partial charge in [-0.3, -0.25) is 0 Å². The molecule has 2 nitrogen and oxygen atoms in total. The molecule has 1 aromatic carbocycles. The van der Waals surface area contributed by atoms with Crippen LogP contribution in [0.1, 0.15) is 31.9 Å². The maximum atomic E-state index is 9.46. The molecule has 0 saturated heterocycles. The van der Waals surface area contributed by atoms with E-state index in [1.165, 1.54) is 0 Å². The first-order chi connectivity index (χ1) is 7.54. The van der Waals surface area contributed by atoms with Crippen molar-refractivity contribution in [1.82, 2.24) is 5.32 Å². The van der Waals surface area contributed by atoms with E-state index in [2.05, 4.69) is 21.2 Å². The lowest BCUT2D eigenvalue weighted by atomic mass is 10.1. The molecule has 16 heavy (non-hydrogen) atoms. The molecule has 0 radical (unpaired) electrons. The van der Waals surface area contributed by atoms with Crippen molar-refractivity contribution >= 4 is 27.5 Å². The van der Waals surface area contributed by atoms with Gasteiger partial charge in [0.1, 0.15) is 0 Å². The molecule has 90 valence electrons. The van der Waals surface area contributed by atoms with Crippen LogP contribution in [0, 0.1) is 0 Å². The third-order valence-corrected chi connectivity index (χ3v) is 3.38. The Bertz CT molecular complexity index is 346. The molecule has 1 aromatic rings. The number of benzene rings is 1. The van der Waals surface area contributed by atoms with Gasteiger partial charge >= 0.3 is 0 Å². The molecule has 0 saturated carbocycles. The molecule has 0 aliphatic heterocycles. The smallest absolute Gasteiger partial charge is 0.0662 e. The lowest BCUT2D eigenvalue weighted by molar-refractivity contribution is 0.164. The third-order valence-electron chi connectivity index (χ3n) is 2.56. The number of halogens is 2. The van der Waals surface area contributed by atoms with Gasteiger partial charge in [0.05, 0.1) is 6.10 Å². The van der Waals surface area contributed by atoms with Crippen molar-refractivity contribution in [3.63, 3.8) is 0 Å². The van der Waals surface area contributed by atoms with E-state index in [-0.39, 0.29) is 12.1 Å². The highest BCUT2D eigenvalue weighted by molar-refractivity contribution is 9.10. The molecule has 0 fully saturated rings. The molecule has 0 bridgehead atoms. The van der Waals surface area contributed by atoms with E-state index in [4.69, 9.17) is 11.6 Å².